The minimum absolute atomic E-state index is 0.832. The average molecular weight is 174 g/mol. The van der Waals surface area contributed by atoms with Crippen LogP contribution in [0.3, 0.4) is 0 Å². The van der Waals surface area contributed by atoms with Crippen molar-refractivity contribution in [3.8, 4) is 0 Å². The van der Waals surface area contributed by atoms with Crippen LogP contribution in [0.15, 0.2) is 0 Å². The van der Waals surface area contributed by atoms with E-state index in [1.807, 2.05) is 6.55 Å². The third-order valence-corrected chi connectivity index (χ3v) is 3.09. The largest absolute Gasteiger partial charge is 0.392 e. The van der Waals surface area contributed by atoms with Crippen LogP contribution in [0.5, 0.6) is 0 Å². The van der Waals surface area contributed by atoms with Crippen molar-refractivity contribution in [3.05, 3.63) is 0 Å². The summed E-state index contributed by atoms with van der Waals surface area (Å²) in [7, 11) is -0.910. The minimum Gasteiger partial charge on any atom is -0.392 e. The van der Waals surface area contributed by atoms with E-state index in [9.17, 15) is 0 Å². The normalized spacial score (nSPS) is 24.5. The zero-order chi connectivity index (χ0) is 8.10. The van der Waals surface area contributed by atoms with E-state index >= 15 is 0 Å². The first-order valence-corrected chi connectivity index (χ1v) is 5.96. The smallest absolute Gasteiger partial charge is 0.381 e. The summed E-state index contributed by atoms with van der Waals surface area (Å²) in [5.41, 5.74) is 0. The molecule has 0 aliphatic carbocycles. The fraction of sp³-hybridized carbons (Fsp3) is 1.00. The van der Waals surface area contributed by atoms with E-state index in [2.05, 4.69) is 11.8 Å². The van der Waals surface area contributed by atoms with Gasteiger partial charge >= 0.3 is 9.28 Å². The SMILES string of the molecule is CCN1CCO[Si](C)OCC1. The third-order valence-electron chi connectivity index (χ3n) is 1.87. The first kappa shape index (κ1) is 9.19. The second kappa shape index (κ2) is 4.87. The number of hydrogen-bond donors (Lipinski definition) is 0. The molecule has 0 saturated carbocycles. The maximum atomic E-state index is 5.45. The first-order chi connectivity index (χ1) is 5.33. The lowest BCUT2D eigenvalue weighted by Crippen LogP contribution is -2.37. The van der Waals surface area contributed by atoms with Gasteiger partial charge in [0.25, 0.3) is 0 Å². The summed E-state index contributed by atoms with van der Waals surface area (Å²) in [6, 6.07) is 0. The minimum atomic E-state index is -0.910. The van der Waals surface area contributed by atoms with Crippen molar-refractivity contribution in [1.29, 1.82) is 0 Å². The van der Waals surface area contributed by atoms with Crippen LogP contribution in [-0.4, -0.2) is 47.0 Å². The van der Waals surface area contributed by atoms with Gasteiger partial charge in [0, 0.05) is 26.3 Å². The van der Waals surface area contributed by atoms with Crippen LogP contribution in [0.25, 0.3) is 0 Å². The van der Waals surface area contributed by atoms with E-state index in [0.29, 0.717) is 0 Å². The molecule has 0 aromatic carbocycles. The molecule has 0 aromatic rings. The van der Waals surface area contributed by atoms with Crippen molar-refractivity contribution >= 4 is 9.28 Å². The van der Waals surface area contributed by atoms with Gasteiger partial charge in [0.05, 0.1) is 0 Å². The van der Waals surface area contributed by atoms with E-state index in [-0.39, 0.29) is 0 Å². The molecule has 0 bridgehead atoms. The lowest BCUT2D eigenvalue weighted by Gasteiger charge is -2.24. The molecule has 0 aromatic heterocycles. The predicted molar refractivity (Wildman–Crippen MR) is 45.6 cm³/mol. The molecule has 0 spiro atoms. The monoisotopic (exact) mass is 174 g/mol. The molecule has 0 atom stereocenters. The van der Waals surface area contributed by atoms with E-state index in [4.69, 9.17) is 8.85 Å². The lowest BCUT2D eigenvalue weighted by molar-refractivity contribution is 0.117. The summed E-state index contributed by atoms with van der Waals surface area (Å²) < 4.78 is 10.9. The molecule has 3 nitrogen and oxygen atoms in total. The fourth-order valence-electron chi connectivity index (χ4n) is 1.11. The molecular weight excluding hydrogens is 158 g/mol. The van der Waals surface area contributed by atoms with Crippen molar-refractivity contribution in [2.45, 2.75) is 13.5 Å². The molecule has 1 fully saturated rings. The number of nitrogens with zero attached hydrogens (tertiary/aromatic N) is 1. The highest BCUT2D eigenvalue weighted by Crippen LogP contribution is 1.97. The van der Waals surface area contributed by atoms with E-state index in [1.165, 1.54) is 0 Å². The highest BCUT2D eigenvalue weighted by Gasteiger charge is 2.13. The standard InChI is InChI=1S/C7H16NO2Si/c1-3-8-4-6-9-11(2)10-7-5-8/h3-7H2,1-2H3. The maximum Gasteiger partial charge on any atom is 0.381 e. The van der Waals surface area contributed by atoms with Crippen LogP contribution in [0.4, 0.5) is 0 Å². The van der Waals surface area contributed by atoms with Crippen LogP contribution in [0, 0.1) is 0 Å². The van der Waals surface area contributed by atoms with E-state index in [0.717, 1.165) is 32.8 Å². The van der Waals surface area contributed by atoms with Crippen LogP contribution in [0.2, 0.25) is 6.55 Å². The second-order valence-corrected chi connectivity index (χ2v) is 4.18. The van der Waals surface area contributed by atoms with Crippen molar-refractivity contribution < 1.29 is 8.85 Å². The van der Waals surface area contributed by atoms with Crippen molar-refractivity contribution in [2.24, 2.45) is 0 Å². The summed E-state index contributed by atoms with van der Waals surface area (Å²) in [6.45, 7) is 9.09. The molecular formula is C7H16NO2Si. The Bertz CT molecular complexity index is 103. The van der Waals surface area contributed by atoms with Gasteiger partial charge in [0.15, 0.2) is 0 Å². The van der Waals surface area contributed by atoms with Crippen LogP contribution >= 0.6 is 0 Å². The maximum absolute atomic E-state index is 5.45. The van der Waals surface area contributed by atoms with Gasteiger partial charge in [-0.1, -0.05) is 6.92 Å². The van der Waals surface area contributed by atoms with Crippen LogP contribution in [-0.2, 0) is 8.85 Å². The topological polar surface area (TPSA) is 21.7 Å². The summed E-state index contributed by atoms with van der Waals surface area (Å²) in [5.74, 6) is 0. The summed E-state index contributed by atoms with van der Waals surface area (Å²) in [4.78, 5) is 2.34. The Hall–Kier alpha value is 0.0969. The Morgan fingerprint density at radius 2 is 1.82 bits per heavy atom. The Labute approximate surface area is 70.1 Å². The molecule has 1 saturated heterocycles. The van der Waals surface area contributed by atoms with E-state index in [1.54, 1.807) is 0 Å². The molecule has 1 rings (SSSR count). The molecule has 65 valence electrons. The van der Waals surface area contributed by atoms with Crippen LogP contribution in [0.1, 0.15) is 6.92 Å². The second-order valence-electron chi connectivity index (χ2n) is 2.62. The summed E-state index contributed by atoms with van der Waals surface area (Å²) >= 11 is 0. The predicted octanol–water partition coefficient (Wildman–Crippen LogP) is 0.473. The van der Waals surface area contributed by atoms with Crippen molar-refractivity contribution in [2.75, 3.05) is 32.8 Å². The quantitative estimate of drug-likeness (QED) is 0.540. The zero-order valence-corrected chi connectivity index (χ0v) is 8.30. The molecule has 1 aliphatic heterocycles. The van der Waals surface area contributed by atoms with E-state index < -0.39 is 9.28 Å². The molecule has 0 unspecified atom stereocenters. The molecule has 4 heteroatoms. The molecule has 11 heavy (non-hydrogen) atoms. The lowest BCUT2D eigenvalue weighted by atomic mass is 10.5. The van der Waals surface area contributed by atoms with Gasteiger partial charge in [-0.05, 0) is 13.1 Å². The average Bonchev–Trinajstić information content (AvgIpc) is 1.96. The Morgan fingerprint density at radius 3 is 2.27 bits per heavy atom. The number of hydrogen-bond acceptors (Lipinski definition) is 3. The third kappa shape index (κ3) is 3.33. The summed E-state index contributed by atoms with van der Waals surface area (Å²) in [6.07, 6.45) is 0. The van der Waals surface area contributed by atoms with Crippen molar-refractivity contribution in [1.82, 2.24) is 4.90 Å². The van der Waals surface area contributed by atoms with Gasteiger partial charge in [0.2, 0.25) is 0 Å². The van der Waals surface area contributed by atoms with Gasteiger partial charge < -0.3 is 8.85 Å². The Morgan fingerprint density at radius 1 is 1.27 bits per heavy atom. The number of likely N-dealkylation sites (N-methyl/N-ethyl adjacent to an activating group) is 1. The number of rotatable bonds is 1. The zero-order valence-electron chi connectivity index (χ0n) is 7.30. The van der Waals surface area contributed by atoms with Gasteiger partial charge in [0.1, 0.15) is 0 Å². The molecule has 1 radical (unpaired) electrons. The van der Waals surface area contributed by atoms with Gasteiger partial charge in [-0.2, -0.15) is 0 Å². The Kier molecular flexibility index (Phi) is 4.07. The fourth-order valence-corrected chi connectivity index (χ4v) is 1.95. The highest BCUT2D eigenvalue weighted by atomic mass is 28.3. The first-order valence-electron chi connectivity index (χ1n) is 4.14. The van der Waals surface area contributed by atoms with Gasteiger partial charge in [-0.3, -0.25) is 4.90 Å². The molecule has 0 amide bonds. The molecule has 1 aliphatic rings. The van der Waals surface area contributed by atoms with Crippen LogP contribution < -0.4 is 0 Å². The van der Waals surface area contributed by atoms with Gasteiger partial charge in [-0.15, -0.1) is 0 Å². The van der Waals surface area contributed by atoms with Gasteiger partial charge in [-0.25, -0.2) is 0 Å². The Balaban J connectivity index is 2.22. The molecule has 1 heterocycles. The highest BCUT2D eigenvalue weighted by molar-refractivity contribution is 6.42. The summed E-state index contributed by atoms with van der Waals surface area (Å²) in [5, 5.41) is 0. The van der Waals surface area contributed by atoms with Crippen molar-refractivity contribution in [3.63, 3.8) is 0 Å². The molecule has 0 N–H and O–H groups in total.